The number of amides is 2. The number of thioether (sulfide) groups is 1. The molecular weight excluding hydrogens is 462 g/mol. The van der Waals surface area contributed by atoms with Crippen molar-refractivity contribution in [3.63, 3.8) is 0 Å². The number of carbonyl (C=O) groups excluding carboxylic acids is 2. The van der Waals surface area contributed by atoms with Crippen LogP contribution in [0.5, 0.6) is 11.5 Å². The monoisotopic (exact) mass is 493 g/mol. The van der Waals surface area contributed by atoms with Gasteiger partial charge >= 0.3 is 0 Å². The molecule has 0 bridgehead atoms. The van der Waals surface area contributed by atoms with Gasteiger partial charge in [0.05, 0.1) is 6.04 Å². The minimum atomic E-state index is -0.640. The highest BCUT2D eigenvalue weighted by molar-refractivity contribution is 7.98. The first kappa shape index (κ1) is 26.1. The average molecular weight is 494 g/mol. The van der Waals surface area contributed by atoms with E-state index in [2.05, 4.69) is 15.6 Å². The summed E-state index contributed by atoms with van der Waals surface area (Å²) in [5.74, 6) is 1.53. The zero-order chi connectivity index (χ0) is 24.9. The molecule has 35 heavy (non-hydrogen) atoms. The van der Waals surface area contributed by atoms with Crippen LogP contribution in [0, 0.1) is 0 Å². The number of pyridine rings is 1. The van der Waals surface area contributed by atoms with E-state index in [4.69, 9.17) is 9.47 Å². The summed E-state index contributed by atoms with van der Waals surface area (Å²) < 4.78 is 11.3. The second kappa shape index (κ2) is 14.0. The topological polar surface area (TPSA) is 89.5 Å². The van der Waals surface area contributed by atoms with Crippen molar-refractivity contribution < 1.29 is 19.1 Å². The zero-order valence-electron chi connectivity index (χ0n) is 20.0. The Bertz CT molecular complexity index is 1050. The van der Waals surface area contributed by atoms with Crippen molar-refractivity contribution in [2.75, 3.05) is 18.6 Å². The number of carbonyl (C=O) groups is 2. The molecule has 0 radical (unpaired) electrons. The van der Waals surface area contributed by atoms with Crippen LogP contribution >= 0.6 is 11.8 Å². The molecule has 0 spiro atoms. The first-order valence-electron chi connectivity index (χ1n) is 11.4. The maximum absolute atomic E-state index is 13.0. The highest BCUT2D eigenvalue weighted by Gasteiger charge is 2.22. The van der Waals surface area contributed by atoms with Gasteiger partial charge < -0.3 is 20.1 Å². The molecule has 2 N–H and O–H groups in total. The summed E-state index contributed by atoms with van der Waals surface area (Å²) in [5.41, 5.74) is 1.93. The summed E-state index contributed by atoms with van der Waals surface area (Å²) in [6.07, 6.45) is 5.99. The number of benzene rings is 2. The van der Waals surface area contributed by atoms with Crippen LogP contribution in [0.15, 0.2) is 79.1 Å². The highest BCUT2D eigenvalue weighted by atomic mass is 32.2. The lowest BCUT2D eigenvalue weighted by Gasteiger charge is -2.22. The third kappa shape index (κ3) is 8.98. The molecule has 8 heteroatoms. The lowest BCUT2D eigenvalue weighted by atomic mass is 10.1. The molecule has 0 aliphatic carbocycles. The number of rotatable bonds is 13. The van der Waals surface area contributed by atoms with Gasteiger partial charge in [0.25, 0.3) is 5.91 Å². The Hall–Kier alpha value is -3.52. The molecular formula is C27H31N3O4S. The Morgan fingerprint density at radius 1 is 0.943 bits per heavy atom. The Labute approximate surface area is 210 Å². The van der Waals surface area contributed by atoms with Gasteiger partial charge in [-0.05, 0) is 61.2 Å². The molecule has 3 rings (SSSR count). The fourth-order valence-corrected chi connectivity index (χ4v) is 3.78. The fourth-order valence-electron chi connectivity index (χ4n) is 3.31. The van der Waals surface area contributed by atoms with Gasteiger partial charge in [0, 0.05) is 18.0 Å². The fraction of sp³-hybridized carbons (Fsp3) is 0.296. The number of hydrogen-bond acceptors (Lipinski definition) is 6. The average Bonchev–Trinajstić information content (AvgIpc) is 2.90. The van der Waals surface area contributed by atoms with Crippen molar-refractivity contribution >= 4 is 23.6 Å². The van der Waals surface area contributed by atoms with Gasteiger partial charge in [-0.25, -0.2) is 0 Å². The second-order valence-corrected chi connectivity index (χ2v) is 8.94. The van der Waals surface area contributed by atoms with E-state index in [1.165, 1.54) is 0 Å². The standard InChI is InChI=1S/C27H31N3O4S/c1-20(22-10-12-24(13-11-22)33-18-21-7-6-15-28-17-21)29-27(32)25(14-16-35-2)30-26(31)19-34-23-8-4-3-5-9-23/h3-13,15,17,20,25H,14,16,18-19H2,1-2H3,(H,29,32)(H,30,31). The van der Waals surface area contributed by atoms with E-state index in [1.807, 2.05) is 67.8 Å². The molecule has 0 aliphatic rings. The minimum Gasteiger partial charge on any atom is -0.489 e. The molecule has 2 amide bonds. The maximum Gasteiger partial charge on any atom is 0.258 e. The van der Waals surface area contributed by atoms with Crippen molar-refractivity contribution in [3.8, 4) is 11.5 Å². The van der Waals surface area contributed by atoms with Crippen LogP contribution in [0.4, 0.5) is 0 Å². The lowest BCUT2D eigenvalue weighted by molar-refractivity contribution is -0.130. The van der Waals surface area contributed by atoms with E-state index < -0.39 is 6.04 Å². The number of aromatic nitrogens is 1. The Kier molecular flexibility index (Phi) is 10.4. The van der Waals surface area contributed by atoms with Crippen molar-refractivity contribution in [1.82, 2.24) is 15.6 Å². The van der Waals surface area contributed by atoms with E-state index in [0.29, 0.717) is 18.8 Å². The van der Waals surface area contributed by atoms with E-state index in [0.717, 1.165) is 22.6 Å². The smallest absolute Gasteiger partial charge is 0.258 e. The molecule has 1 aromatic heterocycles. The molecule has 2 unspecified atom stereocenters. The minimum absolute atomic E-state index is 0.150. The molecule has 0 saturated carbocycles. The quantitative estimate of drug-likeness (QED) is 0.372. The summed E-state index contributed by atoms with van der Waals surface area (Å²) in [4.78, 5) is 29.5. The van der Waals surface area contributed by atoms with E-state index in [-0.39, 0.29) is 24.5 Å². The normalized spacial score (nSPS) is 12.3. The Morgan fingerprint density at radius 3 is 2.37 bits per heavy atom. The van der Waals surface area contributed by atoms with Gasteiger partial charge in [0.2, 0.25) is 5.91 Å². The van der Waals surface area contributed by atoms with Crippen molar-refractivity contribution in [2.24, 2.45) is 0 Å². The molecule has 7 nitrogen and oxygen atoms in total. The summed E-state index contributed by atoms with van der Waals surface area (Å²) in [7, 11) is 0. The first-order valence-corrected chi connectivity index (χ1v) is 12.8. The van der Waals surface area contributed by atoms with Crippen LogP contribution in [0.1, 0.15) is 30.5 Å². The van der Waals surface area contributed by atoms with Crippen LogP contribution in [0.2, 0.25) is 0 Å². The van der Waals surface area contributed by atoms with Crippen molar-refractivity contribution in [1.29, 1.82) is 0 Å². The molecule has 3 aromatic rings. The van der Waals surface area contributed by atoms with Gasteiger partial charge in [-0.15, -0.1) is 0 Å². The molecule has 0 fully saturated rings. The zero-order valence-corrected chi connectivity index (χ0v) is 20.8. The SMILES string of the molecule is CSCCC(NC(=O)COc1ccccc1)C(=O)NC(C)c1ccc(OCc2cccnc2)cc1. The molecule has 0 saturated heterocycles. The third-order valence-corrected chi connectivity index (χ3v) is 5.89. The number of ether oxygens (including phenoxy) is 2. The number of nitrogens with zero attached hydrogens (tertiary/aromatic N) is 1. The predicted molar refractivity (Wildman–Crippen MR) is 138 cm³/mol. The lowest BCUT2D eigenvalue weighted by Crippen LogP contribution is -2.48. The maximum atomic E-state index is 13.0. The van der Waals surface area contributed by atoms with Crippen molar-refractivity contribution in [2.45, 2.75) is 32.0 Å². The van der Waals surface area contributed by atoms with Gasteiger partial charge in [0.15, 0.2) is 6.61 Å². The van der Waals surface area contributed by atoms with Crippen LogP contribution in [0.25, 0.3) is 0 Å². The molecule has 0 aliphatic heterocycles. The summed E-state index contributed by atoms with van der Waals surface area (Å²) in [6.45, 7) is 2.20. The largest absolute Gasteiger partial charge is 0.489 e. The van der Waals surface area contributed by atoms with E-state index in [9.17, 15) is 9.59 Å². The van der Waals surface area contributed by atoms with Gasteiger partial charge in [-0.1, -0.05) is 36.4 Å². The van der Waals surface area contributed by atoms with Crippen LogP contribution in [0.3, 0.4) is 0 Å². The Morgan fingerprint density at radius 2 is 1.69 bits per heavy atom. The third-order valence-electron chi connectivity index (χ3n) is 5.24. The van der Waals surface area contributed by atoms with Crippen LogP contribution in [-0.4, -0.2) is 41.5 Å². The van der Waals surface area contributed by atoms with Crippen molar-refractivity contribution in [3.05, 3.63) is 90.3 Å². The van der Waals surface area contributed by atoms with E-state index in [1.54, 1.807) is 36.3 Å². The molecule has 2 aromatic carbocycles. The number of hydrogen-bond donors (Lipinski definition) is 2. The Balaban J connectivity index is 1.51. The molecule has 2 atom stereocenters. The van der Waals surface area contributed by atoms with Gasteiger partial charge in [-0.3, -0.25) is 14.6 Å². The molecule has 1 heterocycles. The first-order chi connectivity index (χ1) is 17.0. The second-order valence-electron chi connectivity index (χ2n) is 7.95. The summed E-state index contributed by atoms with van der Waals surface area (Å²) >= 11 is 1.62. The van der Waals surface area contributed by atoms with Crippen LogP contribution in [-0.2, 0) is 16.2 Å². The van der Waals surface area contributed by atoms with Gasteiger partial charge in [0.1, 0.15) is 24.1 Å². The molecule has 184 valence electrons. The summed E-state index contributed by atoms with van der Waals surface area (Å²) in [6, 6.07) is 19.7. The van der Waals surface area contributed by atoms with Gasteiger partial charge in [-0.2, -0.15) is 11.8 Å². The van der Waals surface area contributed by atoms with E-state index >= 15 is 0 Å². The number of nitrogens with one attached hydrogen (secondary N) is 2. The highest BCUT2D eigenvalue weighted by Crippen LogP contribution is 2.19. The predicted octanol–water partition coefficient (Wildman–Crippen LogP) is 4.15. The number of para-hydroxylation sites is 1. The van der Waals surface area contributed by atoms with Crippen LogP contribution < -0.4 is 20.1 Å². The summed E-state index contributed by atoms with van der Waals surface area (Å²) in [5, 5.41) is 5.81.